The van der Waals surface area contributed by atoms with Crippen molar-refractivity contribution in [2.24, 2.45) is 0 Å². The molecule has 0 aliphatic carbocycles. The van der Waals surface area contributed by atoms with Gasteiger partial charge in [0.2, 0.25) is 0 Å². The number of carboxylic acids is 1. The minimum absolute atomic E-state index is 0.118. The van der Waals surface area contributed by atoms with Crippen molar-refractivity contribution >= 4 is 5.97 Å². The summed E-state index contributed by atoms with van der Waals surface area (Å²) in [6.45, 7) is 1.86. The maximum absolute atomic E-state index is 10.9. The third kappa shape index (κ3) is 2.57. The van der Waals surface area contributed by atoms with Gasteiger partial charge in [-0.3, -0.25) is 4.98 Å². The lowest BCUT2D eigenvalue weighted by atomic mass is 10.3. The zero-order valence-corrected chi connectivity index (χ0v) is 9.12. The maximum Gasteiger partial charge on any atom is 0.358 e. The van der Waals surface area contributed by atoms with Crippen molar-refractivity contribution in [1.29, 1.82) is 0 Å². The molecule has 5 heteroatoms. The van der Waals surface area contributed by atoms with Gasteiger partial charge in [0.05, 0.1) is 6.20 Å². The second-order valence-corrected chi connectivity index (χ2v) is 3.39. The van der Waals surface area contributed by atoms with E-state index in [1.165, 1.54) is 12.4 Å². The average molecular weight is 230 g/mol. The largest absolute Gasteiger partial charge is 0.476 e. The van der Waals surface area contributed by atoms with Gasteiger partial charge in [0, 0.05) is 11.9 Å². The predicted octanol–water partition coefficient (Wildman–Crippen LogP) is 2.28. The van der Waals surface area contributed by atoms with Gasteiger partial charge in [-0.2, -0.15) is 0 Å². The molecule has 0 saturated heterocycles. The Morgan fingerprint density at radius 3 is 2.76 bits per heavy atom. The summed E-state index contributed by atoms with van der Waals surface area (Å²) in [5, 5.41) is 8.93. The molecule has 0 saturated carbocycles. The van der Waals surface area contributed by atoms with Crippen molar-refractivity contribution in [2.45, 2.75) is 6.92 Å². The van der Waals surface area contributed by atoms with Gasteiger partial charge in [-0.1, -0.05) is 0 Å². The molecule has 5 nitrogen and oxygen atoms in total. The number of aryl methyl sites for hydroxylation is 1. The van der Waals surface area contributed by atoms with Crippen LogP contribution >= 0.6 is 0 Å². The van der Waals surface area contributed by atoms with E-state index in [9.17, 15) is 4.79 Å². The van der Waals surface area contributed by atoms with Gasteiger partial charge in [0.1, 0.15) is 5.75 Å². The molecule has 0 bridgehead atoms. The lowest BCUT2D eigenvalue weighted by Gasteiger charge is -2.07. The molecule has 2 aromatic rings. The van der Waals surface area contributed by atoms with E-state index in [2.05, 4.69) is 9.97 Å². The van der Waals surface area contributed by atoms with Crippen LogP contribution in [0.5, 0.6) is 11.5 Å². The zero-order chi connectivity index (χ0) is 12.3. The number of ether oxygens (including phenoxy) is 1. The Kier molecular flexibility index (Phi) is 3.00. The molecule has 0 spiro atoms. The van der Waals surface area contributed by atoms with Gasteiger partial charge in [0.25, 0.3) is 0 Å². The minimum atomic E-state index is -1.12. The van der Waals surface area contributed by atoms with Crippen LogP contribution in [0, 0.1) is 6.92 Å². The Bertz CT molecular complexity index is 538. The second kappa shape index (κ2) is 4.61. The van der Waals surface area contributed by atoms with Gasteiger partial charge < -0.3 is 9.84 Å². The number of aromatic carboxylic acids is 1. The SMILES string of the molecule is Cc1ccc(Oc2cccnc2C(=O)O)cn1. The van der Waals surface area contributed by atoms with E-state index in [0.29, 0.717) is 5.75 Å². The highest BCUT2D eigenvalue weighted by Gasteiger charge is 2.12. The zero-order valence-electron chi connectivity index (χ0n) is 9.12. The normalized spacial score (nSPS) is 9.94. The summed E-state index contributed by atoms with van der Waals surface area (Å²) in [5.41, 5.74) is 0.745. The average Bonchev–Trinajstić information content (AvgIpc) is 2.32. The molecule has 0 atom stereocenters. The maximum atomic E-state index is 10.9. The first-order valence-corrected chi connectivity index (χ1v) is 4.95. The number of carboxylic acid groups (broad SMARTS) is 1. The molecule has 17 heavy (non-hydrogen) atoms. The fourth-order valence-electron chi connectivity index (χ4n) is 1.28. The quantitative estimate of drug-likeness (QED) is 0.875. The number of pyridine rings is 2. The first-order chi connectivity index (χ1) is 8.16. The molecule has 0 amide bonds. The summed E-state index contributed by atoms with van der Waals surface area (Å²) < 4.78 is 5.42. The third-order valence-corrected chi connectivity index (χ3v) is 2.09. The van der Waals surface area contributed by atoms with Crippen LogP contribution in [0.1, 0.15) is 16.2 Å². The van der Waals surface area contributed by atoms with Crippen molar-refractivity contribution in [3.05, 3.63) is 48.0 Å². The Labute approximate surface area is 97.7 Å². The molecule has 0 fully saturated rings. The first-order valence-electron chi connectivity index (χ1n) is 4.95. The monoisotopic (exact) mass is 230 g/mol. The summed E-state index contributed by atoms with van der Waals surface area (Å²) in [6, 6.07) is 6.67. The predicted molar refractivity (Wildman–Crippen MR) is 60.2 cm³/mol. The number of nitrogens with zero attached hydrogens (tertiary/aromatic N) is 2. The van der Waals surface area contributed by atoms with Gasteiger partial charge in [0.15, 0.2) is 11.4 Å². The van der Waals surface area contributed by atoms with Crippen LogP contribution in [0.4, 0.5) is 0 Å². The molecular formula is C12H10N2O3. The van der Waals surface area contributed by atoms with Crippen molar-refractivity contribution in [1.82, 2.24) is 9.97 Å². The molecule has 0 aliphatic heterocycles. The van der Waals surface area contributed by atoms with Gasteiger partial charge in [-0.15, -0.1) is 0 Å². The number of aromatic nitrogens is 2. The minimum Gasteiger partial charge on any atom is -0.476 e. The number of hydrogen-bond donors (Lipinski definition) is 1. The Balaban J connectivity index is 2.30. The standard InChI is InChI=1S/C12H10N2O3/c1-8-4-5-9(7-14-8)17-10-3-2-6-13-11(10)12(15)16/h2-7H,1H3,(H,15,16). The lowest BCUT2D eigenvalue weighted by Crippen LogP contribution is -2.02. The van der Waals surface area contributed by atoms with Crippen LogP contribution < -0.4 is 4.74 Å². The molecule has 2 heterocycles. The van der Waals surface area contributed by atoms with E-state index in [1.807, 2.05) is 6.92 Å². The van der Waals surface area contributed by atoms with Crippen LogP contribution in [0.25, 0.3) is 0 Å². The van der Waals surface area contributed by atoms with Crippen LogP contribution in [0.3, 0.4) is 0 Å². The van der Waals surface area contributed by atoms with Gasteiger partial charge in [-0.05, 0) is 31.2 Å². The van der Waals surface area contributed by atoms with Crippen molar-refractivity contribution in [3.63, 3.8) is 0 Å². The topological polar surface area (TPSA) is 72.3 Å². The first kappa shape index (κ1) is 11.1. The Morgan fingerprint density at radius 2 is 2.12 bits per heavy atom. The van der Waals surface area contributed by atoms with E-state index in [-0.39, 0.29) is 11.4 Å². The Morgan fingerprint density at radius 1 is 1.29 bits per heavy atom. The van der Waals surface area contributed by atoms with Crippen LogP contribution in [0.2, 0.25) is 0 Å². The molecule has 1 N–H and O–H groups in total. The summed E-state index contributed by atoms with van der Waals surface area (Å²) in [5.74, 6) is -0.447. The van der Waals surface area contributed by atoms with E-state index in [1.54, 1.807) is 24.3 Å². The van der Waals surface area contributed by atoms with Crippen molar-refractivity contribution in [3.8, 4) is 11.5 Å². The second-order valence-electron chi connectivity index (χ2n) is 3.39. The molecule has 0 aliphatic rings. The van der Waals surface area contributed by atoms with Crippen molar-refractivity contribution < 1.29 is 14.6 Å². The molecule has 0 aromatic carbocycles. The number of carbonyl (C=O) groups is 1. The van der Waals surface area contributed by atoms with Gasteiger partial charge >= 0.3 is 5.97 Å². The molecule has 0 radical (unpaired) electrons. The smallest absolute Gasteiger partial charge is 0.358 e. The van der Waals surface area contributed by atoms with Crippen LogP contribution in [-0.2, 0) is 0 Å². The lowest BCUT2D eigenvalue weighted by molar-refractivity contribution is 0.0687. The molecule has 86 valence electrons. The van der Waals surface area contributed by atoms with Gasteiger partial charge in [-0.25, -0.2) is 9.78 Å². The summed E-state index contributed by atoms with van der Waals surface area (Å²) in [7, 11) is 0. The molecule has 2 aromatic heterocycles. The highest BCUT2D eigenvalue weighted by atomic mass is 16.5. The summed E-state index contributed by atoms with van der Waals surface area (Å²) in [4.78, 5) is 18.7. The molecular weight excluding hydrogens is 220 g/mol. The summed E-state index contributed by atoms with van der Waals surface area (Å²) >= 11 is 0. The molecule has 2 rings (SSSR count). The fraction of sp³-hybridized carbons (Fsp3) is 0.0833. The van der Waals surface area contributed by atoms with E-state index in [0.717, 1.165) is 5.69 Å². The molecule has 0 unspecified atom stereocenters. The van der Waals surface area contributed by atoms with E-state index >= 15 is 0 Å². The summed E-state index contributed by atoms with van der Waals surface area (Å²) in [6.07, 6.45) is 2.94. The highest BCUT2D eigenvalue weighted by molar-refractivity contribution is 5.88. The third-order valence-electron chi connectivity index (χ3n) is 2.09. The number of rotatable bonds is 3. The number of hydrogen-bond acceptors (Lipinski definition) is 4. The highest BCUT2D eigenvalue weighted by Crippen LogP contribution is 2.23. The van der Waals surface area contributed by atoms with Crippen molar-refractivity contribution in [2.75, 3.05) is 0 Å². The van der Waals surface area contributed by atoms with E-state index in [4.69, 9.17) is 9.84 Å². The fourth-order valence-corrected chi connectivity index (χ4v) is 1.28. The van der Waals surface area contributed by atoms with Crippen LogP contribution in [-0.4, -0.2) is 21.0 Å². The van der Waals surface area contributed by atoms with Crippen LogP contribution in [0.15, 0.2) is 36.7 Å². The van der Waals surface area contributed by atoms with E-state index < -0.39 is 5.97 Å². The Hall–Kier alpha value is -2.43.